The number of nitrogens with one attached hydrogen (secondary N) is 1. The highest BCUT2D eigenvalue weighted by Gasteiger charge is 2.24. The number of aromatic nitrogens is 1. The van der Waals surface area contributed by atoms with Crippen molar-refractivity contribution in [2.75, 3.05) is 6.54 Å². The predicted octanol–water partition coefficient (Wildman–Crippen LogP) is 0.863. The topological polar surface area (TPSA) is 51.2 Å². The van der Waals surface area contributed by atoms with E-state index in [9.17, 15) is 4.79 Å². The Bertz CT molecular complexity index is 286. The van der Waals surface area contributed by atoms with E-state index in [1.54, 1.807) is 6.20 Å². The summed E-state index contributed by atoms with van der Waals surface area (Å²) in [6.07, 6.45) is 1.09. The molecular formula is C8H8N2O2. The molecule has 0 saturated carbocycles. The first kappa shape index (κ1) is 7.09. The van der Waals surface area contributed by atoms with Crippen molar-refractivity contribution >= 4 is 6.09 Å². The van der Waals surface area contributed by atoms with Crippen molar-refractivity contribution in [1.82, 2.24) is 10.3 Å². The number of hydrogen-bond donors (Lipinski definition) is 1. The van der Waals surface area contributed by atoms with Crippen LogP contribution in [0.3, 0.4) is 0 Å². The maximum Gasteiger partial charge on any atom is 0.408 e. The maximum atomic E-state index is 10.7. The molecule has 0 aliphatic carbocycles. The van der Waals surface area contributed by atoms with Crippen LogP contribution < -0.4 is 5.32 Å². The van der Waals surface area contributed by atoms with Crippen LogP contribution in [-0.2, 0) is 4.74 Å². The van der Waals surface area contributed by atoms with Crippen LogP contribution >= 0.6 is 0 Å². The summed E-state index contributed by atoms with van der Waals surface area (Å²) in [5, 5.41) is 2.57. The molecule has 0 unspecified atom stereocenters. The highest BCUT2D eigenvalue weighted by molar-refractivity contribution is 5.69. The molecule has 62 valence electrons. The molecule has 0 radical (unpaired) electrons. The Balaban J connectivity index is 2.16. The number of amides is 1. The average molecular weight is 164 g/mol. The van der Waals surface area contributed by atoms with Crippen LogP contribution in [-0.4, -0.2) is 17.6 Å². The van der Waals surface area contributed by atoms with Crippen molar-refractivity contribution in [1.29, 1.82) is 0 Å². The lowest BCUT2D eigenvalue weighted by atomic mass is 10.2. The zero-order valence-electron chi connectivity index (χ0n) is 6.36. The van der Waals surface area contributed by atoms with Gasteiger partial charge in [-0.05, 0) is 12.1 Å². The lowest BCUT2D eigenvalue weighted by Crippen LogP contribution is -2.12. The molecular weight excluding hydrogens is 156 g/mol. The van der Waals surface area contributed by atoms with Gasteiger partial charge in [0.2, 0.25) is 0 Å². The first-order valence-electron chi connectivity index (χ1n) is 3.71. The van der Waals surface area contributed by atoms with Gasteiger partial charge in [0.1, 0.15) is 0 Å². The summed E-state index contributed by atoms with van der Waals surface area (Å²) in [6, 6.07) is 5.53. The number of hydrogen-bond acceptors (Lipinski definition) is 3. The molecule has 0 spiro atoms. The third-order valence-corrected chi connectivity index (χ3v) is 1.70. The number of alkyl carbamates (subject to hydrolysis) is 1. The molecule has 1 saturated heterocycles. The first-order chi connectivity index (χ1) is 5.86. The van der Waals surface area contributed by atoms with Crippen molar-refractivity contribution in [3.05, 3.63) is 30.1 Å². The molecule has 2 rings (SSSR count). The molecule has 1 N–H and O–H groups in total. The van der Waals surface area contributed by atoms with Crippen molar-refractivity contribution in [2.24, 2.45) is 0 Å². The van der Waals surface area contributed by atoms with Crippen molar-refractivity contribution in [2.45, 2.75) is 6.10 Å². The number of ether oxygens (including phenoxy) is 1. The number of pyridine rings is 1. The standard InChI is InChI=1S/C8H8N2O2/c11-8-10-5-7(12-8)6-3-1-2-4-9-6/h1-4,7H,5H2,(H,10,11)/t7-/m0/s1. The third kappa shape index (κ3) is 1.23. The van der Waals surface area contributed by atoms with Crippen LogP contribution in [0.1, 0.15) is 11.8 Å². The van der Waals surface area contributed by atoms with E-state index in [4.69, 9.17) is 4.74 Å². The van der Waals surface area contributed by atoms with Gasteiger partial charge in [-0.2, -0.15) is 0 Å². The third-order valence-electron chi connectivity index (χ3n) is 1.70. The Morgan fingerprint density at radius 3 is 3.08 bits per heavy atom. The lowest BCUT2D eigenvalue weighted by Gasteiger charge is -2.04. The molecule has 1 aromatic rings. The summed E-state index contributed by atoms with van der Waals surface area (Å²) in [7, 11) is 0. The van der Waals surface area contributed by atoms with Crippen LogP contribution in [0.2, 0.25) is 0 Å². The lowest BCUT2D eigenvalue weighted by molar-refractivity contribution is 0.139. The number of carbonyl (C=O) groups is 1. The Morgan fingerprint density at radius 2 is 2.50 bits per heavy atom. The van der Waals surface area contributed by atoms with Gasteiger partial charge in [0.25, 0.3) is 0 Å². The van der Waals surface area contributed by atoms with Gasteiger partial charge >= 0.3 is 6.09 Å². The fraction of sp³-hybridized carbons (Fsp3) is 0.250. The molecule has 1 aromatic heterocycles. The SMILES string of the molecule is O=C1NC[C@@H](c2ccccn2)O1. The summed E-state index contributed by atoms with van der Waals surface area (Å²) in [5.74, 6) is 0. The van der Waals surface area contributed by atoms with E-state index >= 15 is 0 Å². The number of rotatable bonds is 1. The highest BCUT2D eigenvalue weighted by atomic mass is 16.6. The van der Waals surface area contributed by atoms with Crippen LogP contribution in [0, 0.1) is 0 Å². The average Bonchev–Trinajstić information content (AvgIpc) is 2.54. The normalized spacial score (nSPS) is 21.7. The Kier molecular flexibility index (Phi) is 1.66. The molecule has 12 heavy (non-hydrogen) atoms. The van der Waals surface area contributed by atoms with E-state index in [1.807, 2.05) is 18.2 Å². The second-order valence-corrected chi connectivity index (χ2v) is 2.53. The van der Waals surface area contributed by atoms with E-state index in [-0.39, 0.29) is 12.2 Å². The van der Waals surface area contributed by atoms with Crippen LogP contribution in [0.4, 0.5) is 4.79 Å². The van der Waals surface area contributed by atoms with Crippen LogP contribution in [0.5, 0.6) is 0 Å². The van der Waals surface area contributed by atoms with Crippen molar-refractivity contribution in [3.8, 4) is 0 Å². The van der Waals surface area contributed by atoms with Crippen LogP contribution in [0.25, 0.3) is 0 Å². The zero-order chi connectivity index (χ0) is 8.39. The molecule has 4 nitrogen and oxygen atoms in total. The molecule has 1 amide bonds. The van der Waals surface area contributed by atoms with Gasteiger partial charge in [-0.25, -0.2) is 4.79 Å². The molecule has 1 aliphatic heterocycles. The van der Waals surface area contributed by atoms with Gasteiger partial charge < -0.3 is 10.1 Å². The van der Waals surface area contributed by atoms with Gasteiger partial charge in [0.05, 0.1) is 12.2 Å². The van der Waals surface area contributed by atoms with Gasteiger partial charge in [-0.1, -0.05) is 6.07 Å². The molecule has 0 bridgehead atoms. The fourth-order valence-corrected chi connectivity index (χ4v) is 1.12. The molecule has 1 atom stereocenters. The van der Waals surface area contributed by atoms with Gasteiger partial charge in [-0.3, -0.25) is 4.98 Å². The van der Waals surface area contributed by atoms with Crippen molar-refractivity contribution < 1.29 is 9.53 Å². The van der Waals surface area contributed by atoms with Gasteiger partial charge in [0, 0.05) is 6.20 Å². The van der Waals surface area contributed by atoms with Gasteiger partial charge in [-0.15, -0.1) is 0 Å². The number of carbonyl (C=O) groups excluding carboxylic acids is 1. The Morgan fingerprint density at radius 1 is 1.58 bits per heavy atom. The van der Waals surface area contributed by atoms with E-state index < -0.39 is 0 Å². The second-order valence-electron chi connectivity index (χ2n) is 2.53. The largest absolute Gasteiger partial charge is 0.438 e. The van der Waals surface area contributed by atoms with E-state index in [0.717, 1.165) is 5.69 Å². The minimum Gasteiger partial charge on any atom is -0.438 e. The fourth-order valence-electron chi connectivity index (χ4n) is 1.12. The maximum absolute atomic E-state index is 10.7. The molecule has 0 aromatic carbocycles. The summed E-state index contributed by atoms with van der Waals surface area (Å²) < 4.78 is 4.93. The number of cyclic esters (lactones) is 1. The van der Waals surface area contributed by atoms with E-state index in [1.165, 1.54) is 0 Å². The Hall–Kier alpha value is -1.58. The van der Waals surface area contributed by atoms with Gasteiger partial charge in [0.15, 0.2) is 6.10 Å². The molecule has 1 fully saturated rings. The summed E-state index contributed by atoms with van der Waals surface area (Å²) in [5.41, 5.74) is 0.788. The minimum atomic E-state index is -0.370. The Labute approximate surface area is 69.6 Å². The number of nitrogens with zero attached hydrogens (tertiary/aromatic N) is 1. The predicted molar refractivity (Wildman–Crippen MR) is 41.5 cm³/mol. The molecule has 2 heterocycles. The van der Waals surface area contributed by atoms with Crippen LogP contribution in [0.15, 0.2) is 24.4 Å². The molecule has 1 aliphatic rings. The monoisotopic (exact) mass is 164 g/mol. The molecule has 4 heteroatoms. The smallest absolute Gasteiger partial charge is 0.408 e. The minimum absolute atomic E-state index is 0.223. The second kappa shape index (κ2) is 2.81. The van der Waals surface area contributed by atoms with E-state index in [2.05, 4.69) is 10.3 Å². The summed E-state index contributed by atoms with van der Waals surface area (Å²) in [4.78, 5) is 14.7. The first-order valence-corrected chi connectivity index (χ1v) is 3.71. The zero-order valence-corrected chi connectivity index (χ0v) is 6.36. The quantitative estimate of drug-likeness (QED) is 0.669. The summed E-state index contributed by atoms with van der Waals surface area (Å²) >= 11 is 0. The van der Waals surface area contributed by atoms with E-state index in [0.29, 0.717) is 6.54 Å². The van der Waals surface area contributed by atoms with Crippen molar-refractivity contribution in [3.63, 3.8) is 0 Å². The highest BCUT2D eigenvalue weighted by Crippen LogP contribution is 2.17. The summed E-state index contributed by atoms with van der Waals surface area (Å²) in [6.45, 7) is 0.510.